The maximum absolute atomic E-state index is 5.23. The van der Waals surface area contributed by atoms with Crippen molar-refractivity contribution in [2.75, 3.05) is 0 Å². The zero-order valence-electron chi connectivity index (χ0n) is 11.4. The molecule has 0 bridgehead atoms. The van der Waals surface area contributed by atoms with Gasteiger partial charge in [0, 0.05) is 12.3 Å². The molecular formula is C15H21N3S. The van der Waals surface area contributed by atoms with Crippen LogP contribution in [0.2, 0.25) is 0 Å². The zero-order valence-corrected chi connectivity index (χ0v) is 12.2. The Hall–Kier alpha value is -1.42. The Labute approximate surface area is 120 Å². The first-order chi connectivity index (χ1) is 9.25. The second kappa shape index (κ2) is 7.24. The Morgan fingerprint density at radius 2 is 2.11 bits per heavy atom. The van der Waals surface area contributed by atoms with Crippen LogP contribution in [-0.4, -0.2) is 10.8 Å². The number of thiocarbonyl (C=S) groups is 1. The van der Waals surface area contributed by atoms with Gasteiger partial charge in [-0.05, 0) is 43.0 Å². The molecule has 0 aliphatic heterocycles. The highest BCUT2D eigenvalue weighted by atomic mass is 32.1. The van der Waals surface area contributed by atoms with Crippen LogP contribution in [0.15, 0.2) is 35.4 Å². The molecular weight excluding hydrogens is 254 g/mol. The molecule has 1 aliphatic rings. The van der Waals surface area contributed by atoms with E-state index in [-0.39, 0.29) is 0 Å². The van der Waals surface area contributed by atoms with E-state index in [1.165, 1.54) is 30.5 Å². The van der Waals surface area contributed by atoms with Gasteiger partial charge in [0.25, 0.3) is 0 Å². The average molecular weight is 275 g/mol. The van der Waals surface area contributed by atoms with E-state index in [2.05, 4.69) is 34.9 Å². The molecule has 1 aliphatic carbocycles. The van der Waals surface area contributed by atoms with Gasteiger partial charge in [-0.15, -0.1) is 0 Å². The molecule has 0 spiro atoms. The van der Waals surface area contributed by atoms with Crippen LogP contribution in [-0.2, 0) is 6.54 Å². The van der Waals surface area contributed by atoms with Crippen LogP contribution < -0.4 is 10.7 Å². The van der Waals surface area contributed by atoms with Crippen LogP contribution in [0.3, 0.4) is 0 Å². The quantitative estimate of drug-likeness (QED) is 0.657. The van der Waals surface area contributed by atoms with E-state index in [1.54, 1.807) is 0 Å². The largest absolute Gasteiger partial charge is 0.357 e. The van der Waals surface area contributed by atoms with Crippen molar-refractivity contribution in [3.8, 4) is 0 Å². The second-order valence-corrected chi connectivity index (χ2v) is 5.44. The van der Waals surface area contributed by atoms with Gasteiger partial charge < -0.3 is 5.32 Å². The van der Waals surface area contributed by atoms with Crippen molar-refractivity contribution in [1.82, 2.24) is 10.7 Å². The Morgan fingerprint density at radius 1 is 1.32 bits per heavy atom. The first kappa shape index (κ1) is 14.0. The highest BCUT2D eigenvalue weighted by molar-refractivity contribution is 7.80. The number of hydrazone groups is 1. The van der Waals surface area contributed by atoms with Gasteiger partial charge in [0.2, 0.25) is 0 Å². The van der Waals surface area contributed by atoms with Crippen molar-refractivity contribution in [1.29, 1.82) is 0 Å². The van der Waals surface area contributed by atoms with Crippen LogP contribution in [0.1, 0.15) is 38.2 Å². The summed E-state index contributed by atoms with van der Waals surface area (Å²) in [5.41, 5.74) is 5.42. The highest BCUT2D eigenvalue weighted by Crippen LogP contribution is 2.20. The first-order valence-corrected chi connectivity index (χ1v) is 7.31. The summed E-state index contributed by atoms with van der Waals surface area (Å²) in [5, 5.41) is 8.20. The third kappa shape index (κ3) is 4.63. The highest BCUT2D eigenvalue weighted by Gasteiger charge is 2.15. The monoisotopic (exact) mass is 275 g/mol. The van der Waals surface area contributed by atoms with Crippen LogP contribution in [0.5, 0.6) is 0 Å². The Bertz CT molecular complexity index is 442. The number of benzene rings is 1. The summed E-state index contributed by atoms with van der Waals surface area (Å²) < 4.78 is 0. The summed E-state index contributed by atoms with van der Waals surface area (Å²) in [7, 11) is 0. The molecule has 1 saturated carbocycles. The fourth-order valence-corrected chi connectivity index (χ4v) is 2.39. The summed E-state index contributed by atoms with van der Waals surface area (Å²) in [6.45, 7) is 2.97. The number of rotatable bonds is 3. The maximum atomic E-state index is 5.23. The molecule has 102 valence electrons. The Kier molecular flexibility index (Phi) is 5.33. The van der Waals surface area contributed by atoms with Crippen LogP contribution >= 0.6 is 12.2 Å². The molecule has 1 aromatic carbocycles. The lowest BCUT2D eigenvalue weighted by molar-refractivity contribution is 0.555. The molecule has 0 unspecified atom stereocenters. The standard InChI is InChI=1S/C15H21N3S/c1-12-7-5-6-10-14(12)17-18-15(19)16-11-13-8-3-2-4-9-13/h2-4,8-9,12H,5-7,10-11H2,1H3,(H2,16,18,19)/b17-14-/t12-/m0/s1. The van der Waals surface area contributed by atoms with E-state index in [0.717, 1.165) is 13.0 Å². The molecule has 2 rings (SSSR count). The van der Waals surface area contributed by atoms with Gasteiger partial charge in [-0.2, -0.15) is 5.10 Å². The van der Waals surface area contributed by atoms with E-state index in [9.17, 15) is 0 Å². The van der Waals surface area contributed by atoms with E-state index >= 15 is 0 Å². The maximum Gasteiger partial charge on any atom is 0.187 e. The smallest absolute Gasteiger partial charge is 0.187 e. The number of hydrogen-bond acceptors (Lipinski definition) is 2. The summed E-state index contributed by atoms with van der Waals surface area (Å²) in [5.74, 6) is 0.582. The zero-order chi connectivity index (χ0) is 13.5. The minimum Gasteiger partial charge on any atom is -0.357 e. The van der Waals surface area contributed by atoms with Crippen molar-refractivity contribution >= 4 is 23.0 Å². The van der Waals surface area contributed by atoms with Crippen LogP contribution in [0.25, 0.3) is 0 Å². The first-order valence-electron chi connectivity index (χ1n) is 6.90. The van der Waals surface area contributed by atoms with Gasteiger partial charge in [-0.3, -0.25) is 5.43 Å². The second-order valence-electron chi connectivity index (χ2n) is 5.03. The molecule has 0 aromatic heterocycles. The molecule has 0 heterocycles. The third-order valence-electron chi connectivity index (χ3n) is 3.49. The number of hydrogen-bond donors (Lipinski definition) is 2. The fraction of sp³-hybridized carbons (Fsp3) is 0.467. The molecule has 1 atom stereocenters. The molecule has 4 heteroatoms. The molecule has 0 radical (unpaired) electrons. The molecule has 19 heavy (non-hydrogen) atoms. The lowest BCUT2D eigenvalue weighted by Crippen LogP contribution is -2.33. The molecule has 1 aromatic rings. The van der Waals surface area contributed by atoms with E-state index in [0.29, 0.717) is 11.0 Å². The Balaban J connectivity index is 1.77. The van der Waals surface area contributed by atoms with Crippen LogP contribution in [0, 0.1) is 5.92 Å². The predicted octanol–water partition coefficient (Wildman–Crippen LogP) is 3.22. The van der Waals surface area contributed by atoms with Crippen LogP contribution in [0.4, 0.5) is 0 Å². The van der Waals surface area contributed by atoms with E-state index in [1.807, 2.05) is 18.2 Å². The van der Waals surface area contributed by atoms with Gasteiger partial charge in [0.15, 0.2) is 5.11 Å². The van der Waals surface area contributed by atoms with Crippen molar-refractivity contribution in [2.45, 2.75) is 39.2 Å². The molecule has 3 nitrogen and oxygen atoms in total. The number of nitrogens with zero attached hydrogens (tertiary/aromatic N) is 1. The van der Waals surface area contributed by atoms with Crippen molar-refractivity contribution in [3.05, 3.63) is 35.9 Å². The topological polar surface area (TPSA) is 36.4 Å². The van der Waals surface area contributed by atoms with Gasteiger partial charge in [-0.25, -0.2) is 0 Å². The summed E-state index contributed by atoms with van der Waals surface area (Å²) in [6.07, 6.45) is 4.89. The SMILES string of the molecule is C[C@H]1CCCC/C1=N/NC(=S)NCc1ccccc1. The van der Waals surface area contributed by atoms with Gasteiger partial charge in [-0.1, -0.05) is 43.7 Å². The third-order valence-corrected chi connectivity index (χ3v) is 3.72. The van der Waals surface area contributed by atoms with Gasteiger partial charge in [0.1, 0.15) is 0 Å². The van der Waals surface area contributed by atoms with Crippen molar-refractivity contribution in [3.63, 3.8) is 0 Å². The predicted molar refractivity (Wildman–Crippen MR) is 84.1 cm³/mol. The summed E-state index contributed by atoms with van der Waals surface area (Å²) >= 11 is 5.23. The number of nitrogens with one attached hydrogen (secondary N) is 2. The lowest BCUT2D eigenvalue weighted by Gasteiger charge is -2.20. The Morgan fingerprint density at radius 3 is 2.84 bits per heavy atom. The van der Waals surface area contributed by atoms with Gasteiger partial charge in [0.05, 0.1) is 0 Å². The lowest BCUT2D eigenvalue weighted by atomic mass is 9.89. The molecule has 0 saturated heterocycles. The molecule has 2 N–H and O–H groups in total. The minimum absolute atomic E-state index is 0.582. The van der Waals surface area contributed by atoms with Crippen molar-refractivity contribution in [2.24, 2.45) is 11.0 Å². The van der Waals surface area contributed by atoms with Gasteiger partial charge >= 0.3 is 0 Å². The average Bonchev–Trinajstić information content (AvgIpc) is 2.45. The van der Waals surface area contributed by atoms with E-state index in [4.69, 9.17) is 12.2 Å². The minimum atomic E-state index is 0.582. The fourth-order valence-electron chi connectivity index (χ4n) is 2.28. The summed E-state index contributed by atoms with van der Waals surface area (Å²) in [4.78, 5) is 0. The van der Waals surface area contributed by atoms with Crippen molar-refractivity contribution < 1.29 is 0 Å². The molecule has 1 fully saturated rings. The summed E-state index contributed by atoms with van der Waals surface area (Å²) in [6, 6.07) is 10.2. The normalized spacial score (nSPS) is 21.1. The molecule has 0 amide bonds. The van der Waals surface area contributed by atoms with E-state index < -0.39 is 0 Å².